The van der Waals surface area contributed by atoms with Gasteiger partial charge in [0, 0.05) is 41.6 Å². The molecule has 1 saturated carbocycles. The van der Waals surface area contributed by atoms with Gasteiger partial charge in [0.25, 0.3) is 0 Å². The molecule has 1 spiro atoms. The van der Waals surface area contributed by atoms with Crippen LogP contribution in [-0.4, -0.2) is 56.4 Å². The number of nitrogens with one attached hydrogen (secondary N) is 1. The first-order valence-corrected chi connectivity index (χ1v) is 25.2. The van der Waals surface area contributed by atoms with Gasteiger partial charge >= 0.3 is 0 Å². The van der Waals surface area contributed by atoms with E-state index >= 15 is 0 Å². The second-order valence-electron chi connectivity index (χ2n) is 20.9. The fourth-order valence-electron chi connectivity index (χ4n) is 11.5. The summed E-state index contributed by atoms with van der Waals surface area (Å²) in [6.45, 7) is 8.88. The van der Waals surface area contributed by atoms with E-state index in [2.05, 4.69) is 85.9 Å². The average molecular weight is 892 g/mol. The second-order valence-corrected chi connectivity index (χ2v) is 20.9. The Morgan fingerprint density at radius 1 is 0.636 bits per heavy atom. The molecule has 3 aliphatic carbocycles. The number of piperidine rings is 1. The number of ketones is 2. The summed E-state index contributed by atoms with van der Waals surface area (Å²) in [6, 6.07) is 31.1. The largest absolute Gasteiger partial charge is 0.494 e. The zero-order valence-electron chi connectivity index (χ0n) is 39.3. The number of hydrogen-bond donors (Lipinski definition) is 1. The fourth-order valence-corrected chi connectivity index (χ4v) is 11.5. The third kappa shape index (κ3) is 10.3. The molecular formula is C58H69NO7. The van der Waals surface area contributed by atoms with E-state index in [4.69, 9.17) is 14.2 Å². The molecule has 2 heterocycles. The highest BCUT2D eigenvalue weighted by molar-refractivity contribution is 6.28. The van der Waals surface area contributed by atoms with E-state index in [0.717, 1.165) is 95.2 Å². The highest BCUT2D eigenvalue weighted by Gasteiger charge is 2.50. The minimum Gasteiger partial charge on any atom is -0.494 e. The van der Waals surface area contributed by atoms with Crippen molar-refractivity contribution in [3.63, 3.8) is 0 Å². The predicted octanol–water partition coefficient (Wildman–Crippen LogP) is 11.4. The summed E-state index contributed by atoms with van der Waals surface area (Å²) in [6.07, 6.45) is 17.2. The lowest BCUT2D eigenvalue weighted by molar-refractivity contribution is -0.164. The van der Waals surface area contributed by atoms with Crippen LogP contribution in [0.25, 0.3) is 0 Å². The minimum atomic E-state index is -1.02. The zero-order valence-corrected chi connectivity index (χ0v) is 39.3. The molecule has 8 heteroatoms. The maximum atomic E-state index is 13.2. The molecule has 4 aromatic rings. The number of unbranched alkanes of at least 4 members (excludes halogenated alkanes) is 7. The van der Waals surface area contributed by atoms with Gasteiger partial charge in [0.05, 0.1) is 31.7 Å². The standard InChI is InChI=1S/C58H69NO7/c1-57(2,46-20-18-40(19-21-46)42-16-14-41-15-17-43(34-44(41)33-42)45-35-58(36-45)37-65-38-58)47-22-24-48(25-23-47)66-31-11-6-4-3-5-9-29-64-30-10-7-8-12-39-13-26-49-51(32-39)55(62)53(54(49)61)50-27-28-52(60)59-56(50)63/h13,15,17-26,32,34,42,45,50,53H,3-12,14,16,27-31,33,35-38H2,1-2H3,(H,59,60,63). The molecule has 0 radical (unpaired) electrons. The van der Waals surface area contributed by atoms with Gasteiger partial charge in [-0.2, -0.15) is 0 Å². The van der Waals surface area contributed by atoms with Crippen molar-refractivity contribution >= 4 is 23.4 Å². The third-order valence-electron chi connectivity index (χ3n) is 15.9. The van der Waals surface area contributed by atoms with Gasteiger partial charge in [-0.25, -0.2) is 0 Å². The van der Waals surface area contributed by atoms with Gasteiger partial charge in [0.1, 0.15) is 5.75 Å². The Morgan fingerprint density at radius 3 is 1.98 bits per heavy atom. The van der Waals surface area contributed by atoms with E-state index < -0.39 is 17.7 Å². The van der Waals surface area contributed by atoms with Crippen molar-refractivity contribution in [3.8, 4) is 5.75 Å². The van der Waals surface area contributed by atoms with E-state index in [9.17, 15) is 19.2 Å². The molecular weight excluding hydrogens is 823 g/mol. The lowest BCUT2D eigenvalue weighted by atomic mass is 9.58. The topological polar surface area (TPSA) is 108 Å². The molecule has 3 atom stereocenters. The van der Waals surface area contributed by atoms with Crippen LogP contribution < -0.4 is 10.1 Å². The highest BCUT2D eigenvalue weighted by Crippen LogP contribution is 2.55. The number of rotatable bonds is 21. The first-order chi connectivity index (χ1) is 32.1. The molecule has 2 amide bonds. The van der Waals surface area contributed by atoms with Crippen molar-refractivity contribution in [2.75, 3.05) is 33.0 Å². The van der Waals surface area contributed by atoms with E-state index in [-0.39, 0.29) is 35.7 Å². The first-order valence-electron chi connectivity index (χ1n) is 25.2. The van der Waals surface area contributed by atoms with Gasteiger partial charge < -0.3 is 14.2 Å². The number of carbonyl (C=O) groups excluding carboxylic acids is 4. The van der Waals surface area contributed by atoms with Crippen LogP contribution in [-0.2, 0) is 43.7 Å². The lowest BCUT2D eigenvalue weighted by Crippen LogP contribution is -2.51. The molecule has 1 N–H and O–H groups in total. The fraction of sp³-hybridized carbons (Fsp3) is 0.517. The summed E-state index contributed by atoms with van der Waals surface area (Å²) in [7, 11) is 0. The van der Waals surface area contributed by atoms with Crippen LogP contribution >= 0.6 is 0 Å². The van der Waals surface area contributed by atoms with Crippen molar-refractivity contribution in [3.05, 3.63) is 135 Å². The van der Waals surface area contributed by atoms with Gasteiger partial charge in [-0.1, -0.05) is 113 Å². The third-order valence-corrected chi connectivity index (χ3v) is 15.9. The summed E-state index contributed by atoms with van der Waals surface area (Å²) < 4.78 is 17.6. The Hall–Kier alpha value is -4.92. The SMILES string of the molecule is CC(C)(c1ccc(OCCCCCCCCOCCCCCc2ccc3c(c2)C(=O)C(C2CCC(=O)NC2=O)C3=O)cc1)c1ccc(C2CCc3ccc(C4CC5(COC5)C4)cc3C2)cc1. The van der Waals surface area contributed by atoms with Crippen molar-refractivity contribution < 1.29 is 33.4 Å². The quantitative estimate of drug-likeness (QED) is 0.0504. The van der Waals surface area contributed by atoms with Gasteiger partial charge in [0.2, 0.25) is 11.8 Å². The van der Waals surface area contributed by atoms with Crippen LogP contribution in [0.3, 0.4) is 0 Å². The number of carbonyl (C=O) groups is 4. The second kappa shape index (κ2) is 20.5. The number of benzene rings is 4. The maximum Gasteiger partial charge on any atom is 0.230 e. The van der Waals surface area contributed by atoms with Crippen molar-refractivity contribution in [1.82, 2.24) is 5.32 Å². The number of hydrogen-bond acceptors (Lipinski definition) is 7. The molecule has 3 unspecified atom stereocenters. The van der Waals surface area contributed by atoms with Gasteiger partial charge in [-0.05, 0) is 140 Å². The molecule has 348 valence electrons. The number of aryl methyl sites for hydroxylation is 2. The molecule has 4 aromatic carbocycles. The van der Waals surface area contributed by atoms with E-state index in [1.54, 1.807) is 22.8 Å². The van der Waals surface area contributed by atoms with Gasteiger partial charge in [-0.15, -0.1) is 0 Å². The van der Waals surface area contributed by atoms with Crippen LogP contribution in [0.15, 0.2) is 84.9 Å². The molecule has 0 bridgehead atoms. The summed E-state index contributed by atoms with van der Waals surface area (Å²) in [5, 5.41) is 2.28. The Bertz CT molecular complexity index is 2370. The van der Waals surface area contributed by atoms with E-state index in [0.29, 0.717) is 22.5 Å². The highest BCUT2D eigenvalue weighted by atomic mass is 16.5. The van der Waals surface area contributed by atoms with Crippen LogP contribution in [0, 0.1) is 17.3 Å². The van der Waals surface area contributed by atoms with Crippen LogP contribution in [0.1, 0.15) is 175 Å². The van der Waals surface area contributed by atoms with Crippen LogP contribution in [0.4, 0.5) is 0 Å². The lowest BCUT2D eigenvalue weighted by Gasteiger charge is -2.53. The molecule has 0 aromatic heterocycles. The number of fused-ring (bicyclic) bond motifs is 2. The van der Waals surface area contributed by atoms with Crippen molar-refractivity contribution in [1.29, 1.82) is 0 Å². The number of imide groups is 1. The van der Waals surface area contributed by atoms with E-state index in [1.165, 1.54) is 68.1 Å². The molecule has 3 fully saturated rings. The summed E-state index contributed by atoms with van der Waals surface area (Å²) >= 11 is 0. The monoisotopic (exact) mass is 892 g/mol. The number of ether oxygens (including phenoxy) is 3. The van der Waals surface area contributed by atoms with Gasteiger partial charge in [-0.3, -0.25) is 24.5 Å². The molecule has 9 rings (SSSR count). The first kappa shape index (κ1) is 46.2. The molecule has 8 nitrogen and oxygen atoms in total. The summed E-state index contributed by atoms with van der Waals surface area (Å²) in [4.78, 5) is 50.1. The Morgan fingerprint density at radius 2 is 1.29 bits per heavy atom. The summed E-state index contributed by atoms with van der Waals surface area (Å²) in [5.74, 6) is -1.01. The minimum absolute atomic E-state index is 0.100. The van der Waals surface area contributed by atoms with Gasteiger partial charge in [0.15, 0.2) is 11.6 Å². The molecule has 2 saturated heterocycles. The number of amides is 2. The van der Waals surface area contributed by atoms with Crippen molar-refractivity contribution in [2.24, 2.45) is 17.3 Å². The Labute approximate surface area is 392 Å². The number of Topliss-reactive ketones (excluding diaryl/α,β-unsaturated/α-hetero) is 2. The maximum absolute atomic E-state index is 13.2. The van der Waals surface area contributed by atoms with Crippen LogP contribution in [0.2, 0.25) is 0 Å². The van der Waals surface area contributed by atoms with Crippen LogP contribution in [0.5, 0.6) is 5.75 Å². The molecule has 66 heavy (non-hydrogen) atoms. The zero-order chi connectivity index (χ0) is 45.7. The molecule has 2 aliphatic heterocycles. The Balaban J connectivity index is 0.602. The van der Waals surface area contributed by atoms with E-state index in [1.807, 2.05) is 12.1 Å². The normalized spacial score (nSPS) is 21.3. The predicted molar refractivity (Wildman–Crippen MR) is 257 cm³/mol. The summed E-state index contributed by atoms with van der Waals surface area (Å²) in [5.41, 5.74) is 11.0. The molecule has 5 aliphatic rings. The smallest absolute Gasteiger partial charge is 0.230 e. The van der Waals surface area contributed by atoms with Crippen molar-refractivity contribution in [2.45, 2.75) is 140 Å². The average Bonchev–Trinajstić information content (AvgIpc) is 3.54. The Kier molecular flexibility index (Phi) is 14.4.